The first-order valence-electron chi connectivity index (χ1n) is 10.7. The van der Waals surface area contributed by atoms with E-state index in [1.54, 1.807) is 24.3 Å². The van der Waals surface area contributed by atoms with Gasteiger partial charge in [-0.3, -0.25) is 14.1 Å². The molecule has 0 bridgehead atoms. The maximum atomic E-state index is 12.9. The second-order valence-electron chi connectivity index (χ2n) is 8.42. The summed E-state index contributed by atoms with van der Waals surface area (Å²) in [5.41, 5.74) is -1.58. The third kappa shape index (κ3) is 8.63. The lowest BCUT2D eigenvalue weighted by Crippen LogP contribution is -2.54. The summed E-state index contributed by atoms with van der Waals surface area (Å²) in [5, 5.41) is 17.5. The molecule has 2 rings (SSSR count). The minimum Gasteiger partial charge on any atom is -0.445 e. The zero-order chi connectivity index (χ0) is 24.6. The molecule has 1 aromatic carbocycles. The molecule has 3 amide bonds. The Kier molecular flexibility index (Phi) is 9.62. The number of benzene rings is 1. The van der Waals surface area contributed by atoms with Crippen LogP contribution < -0.4 is 16.0 Å². The highest BCUT2D eigenvalue weighted by Gasteiger charge is 2.37. The second kappa shape index (κ2) is 12.0. The number of rotatable bonds is 11. The van der Waals surface area contributed by atoms with Crippen molar-refractivity contribution in [3.8, 4) is 0 Å². The van der Waals surface area contributed by atoms with Gasteiger partial charge in [-0.2, -0.15) is 8.42 Å². The van der Waals surface area contributed by atoms with Crippen LogP contribution in [0.3, 0.4) is 0 Å². The Labute approximate surface area is 193 Å². The maximum Gasteiger partial charge on any atom is 0.408 e. The molecule has 0 unspecified atom stereocenters. The summed E-state index contributed by atoms with van der Waals surface area (Å²) in [5.74, 6) is -1.77. The van der Waals surface area contributed by atoms with Gasteiger partial charge < -0.3 is 25.8 Å². The lowest BCUT2D eigenvalue weighted by atomic mass is 9.97. The quantitative estimate of drug-likeness (QED) is 0.283. The molecule has 184 valence electrons. The van der Waals surface area contributed by atoms with Gasteiger partial charge in [-0.25, -0.2) is 4.79 Å². The highest BCUT2D eigenvalue weighted by Crippen LogP contribution is 2.20. The molecule has 11 nitrogen and oxygen atoms in total. The number of ether oxygens (including phenoxy) is 1. The summed E-state index contributed by atoms with van der Waals surface area (Å²) in [6, 6.07) is 6.38. The Bertz CT molecular complexity index is 923. The molecule has 1 aliphatic heterocycles. The van der Waals surface area contributed by atoms with Crippen molar-refractivity contribution in [2.24, 2.45) is 11.8 Å². The summed E-state index contributed by atoms with van der Waals surface area (Å²) in [4.78, 5) is 37.1. The fourth-order valence-corrected chi connectivity index (χ4v) is 4.12. The molecular formula is C21H31N3O8S. The predicted octanol–water partition coefficient (Wildman–Crippen LogP) is 0.545. The number of carbonyl (C=O) groups is 3. The molecule has 0 aliphatic carbocycles. The minimum absolute atomic E-state index is 0.0103. The van der Waals surface area contributed by atoms with Gasteiger partial charge in [0, 0.05) is 12.5 Å². The SMILES string of the molecule is CC(C)C[C@H](NC(=O)OCc1ccccc1)C(=O)N[C@@H](C[C@@H]1CCNC1=O)[C@H](O)S(=O)(=O)O. The minimum atomic E-state index is -4.92. The molecule has 33 heavy (non-hydrogen) atoms. The van der Waals surface area contributed by atoms with E-state index in [9.17, 15) is 32.5 Å². The average Bonchev–Trinajstić information content (AvgIpc) is 3.14. The van der Waals surface area contributed by atoms with E-state index in [1.807, 2.05) is 19.9 Å². The summed E-state index contributed by atoms with van der Waals surface area (Å²) in [7, 11) is -4.92. The Morgan fingerprint density at radius 3 is 2.42 bits per heavy atom. The van der Waals surface area contributed by atoms with Crippen LogP contribution in [0.25, 0.3) is 0 Å². The maximum absolute atomic E-state index is 12.9. The first-order chi connectivity index (χ1) is 15.5. The zero-order valence-electron chi connectivity index (χ0n) is 18.6. The molecule has 0 radical (unpaired) electrons. The molecule has 0 aromatic heterocycles. The van der Waals surface area contributed by atoms with Gasteiger partial charge in [0.2, 0.25) is 17.3 Å². The van der Waals surface area contributed by atoms with E-state index in [0.29, 0.717) is 13.0 Å². The van der Waals surface area contributed by atoms with E-state index < -0.39 is 45.6 Å². The Morgan fingerprint density at radius 2 is 1.88 bits per heavy atom. The van der Waals surface area contributed by atoms with Crippen LogP contribution in [0.2, 0.25) is 0 Å². The van der Waals surface area contributed by atoms with Crippen molar-refractivity contribution in [2.45, 2.75) is 57.2 Å². The van der Waals surface area contributed by atoms with Crippen LogP contribution in [0.5, 0.6) is 0 Å². The van der Waals surface area contributed by atoms with E-state index in [1.165, 1.54) is 0 Å². The van der Waals surface area contributed by atoms with Gasteiger partial charge in [0.25, 0.3) is 10.1 Å². The molecule has 1 heterocycles. The normalized spacial score (nSPS) is 18.8. The number of hydrogen-bond donors (Lipinski definition) is 5. The highest BCUT2D eigenvalue weighted by molar-refractivity contribution is 7.86. The Balaban J connectivity index is 2.08. The summed E-state index contributed by atoms with van der Waals surface area (Å²) in [6.45, 7) is 4.02. The molecule has 0 saturated carbocycles. The van der Waals surface area contributed by atoms with Gasteiger partial charge in [-0.1, -0.05) is 44.2 Å². The van der Waals surface area contributed by atoms with Gasteiger partial charge >= 0.3 is 6.09 Å². The highest BCUT2D eigenvalue weighted by atomic mass is 32.2. The predicted molar refractivity (Wildman–Crippen MR) is 118 cm³/mol. The van der Waals surface area contributed by atoms with Crippen molar-refractivity contribution in [1.82, 2.24) is 16.0 Å². The van der Waals surface area contributed by atoms with Crippen molar-refractivity contribution >= 4 is 28.0 Å². The summed E-state index contributed by atoms with van der Waals surface area (Å²) >= 11 is 0. The Morgan fingerprint density at radius 1 is 1.21 bits per heavy atom. The first-order valence-corrected chi connectivity index (χ1v) is 12.2. The van der Waals surface area contributed by atoms with Crippen molar-refractivity contribution in [3.63, 3.8) is 0 Å². The second-order valence-corrected chi connectivity index (χ2v) is 9.93. The average molecular weight is 486 g/mol. The fourth-order valence-electron chi connectivity index (χ4n) is 3.52. The third-order valence-electron chi connectivity index (χ3n) is 5.21. The number of aliphatic hydroxyl groups excluding tert-OH is 1. The number of aliphatic hydroxyl groups is 1. The van der Waals surface area contributed by atoms with Crippen LogP contribution in [0.4, 0.5) is 4.79 Å². The largest absolute Gasteiger partial charge is 0.445 e. The van der Waals surface area contributed by atoms with Gasteiger partial charge in [-0.15, -0.1) is 0 Å². The lowest BCUT2D eigenvalue weighted by Gasteiger charge is -2.27. The van der Waals surface area contributed by atoms with Crippen molar-refractivity contribution in [1.29, 1.82) is 0 Å². The zero-order valence-corrected chi connectivity index (χ0v) is 19.4. The number of carbonyl (C=O) groups excluding carboxylic acids is 3. The van der Waals surface area contributed by atoms with Crippen LogP contribution in [0.15, 0.2) is 30.3 Å². The molecule has 5 N–H and O–H groups in total. The number of alkyl carbamates (subject to hydrolysis) is 1. The van der Waals surface area contributed by atoms with E-state index >= 15 is 0 Å². The van der Waals surface area contributed by atoms with E-state index in [4.69, 9.17) is 4.74 Å². The van der Waals surface area contributed by atoms with E-state index in [-0.39, 0.29) is 31.3 Å². The van der Waals surface area contributed by atoms with Crippen molar-refractivity contribution < 1.29 is 37.2 Å². The molecule has 1 aromatic rings. The molecule has 1 fully saturated rings. The summed E-state index contributed by atoms with van der Waals surface area (Å²) < 4.78 is 37.5. The van der Waals surface area contributed by atoms with Gasteiger partial charge in [0.05, 0.1) is 6.04 Å². The van der Waals surface area contributed by atoms with Crippen molar-refractivity contribution in [2.75, 3.05) is 6.54 Å². The topological polar surface area (TPSA) is 171 Å². The lowest BCUT2D eigenvalue weighted by molar-refractivity contribution is -0.126. The fraction of sp³-hybridized carbons (Fsp3) is 0.571. The Hall–Kier alpha value is -2.70. The molecule has 1 aliphatic rings. The van der Waals surface area contributed by atoms with Gasteiger partial charge in [0.15, 0.2) is 0 Å². The smallest absolute Gasteiger partial charge is 0.408 e. The first kappa shape index (κ1) is 26.6. The summed E-state index contributed by atoms with van der Waals surface area (Å²) in [6.07, 6.45) is -0.458. The van der Waals surface area contributed by atoms with Crippen molar-refractivity contribution in [3.05, 3.63) is 35.9 Å². The molecule has 12 heteroatoms. The van der Waals surface area contributed by atoms with Gasteiger partial charge in [0.1, 0.15) is 12.6 Å². The van der Waals surface area contributed by atoms with Crippen LogP contribution in [-0.2, 0) is 31.1 Å². The van der Waals surface area contributed by atoms with E-state index in [2.05, 4.69) is 16.0 Å². The standard InChI is InChI=1S/C21H31N3O8S/c1-13(2)10-16(24-21(28)32-12-14-6-4-3-5-7-14)19(26)23-17(20(27)33(29,30)31)11-15-8-9-22-18(15)25/h3-7,13,15-17,20,27H,8-12H2,1-2H3,(H,22,25)(H,23,26)(H,24,28)(H,29,30,31)/t15-,16-,17-,20+/m0/s1. The monoisotopic (exact) mass is 485 g/mol. The molecule has 4 atom stereocenters. The number of amides is 3. The number of nitrogens with one attached hydrogen (secondary N) is 3. The molecular weight excluding hydrogens is 454 g/mol. The number of hydrogen-bond acceptors (Lipinski definition) is 7. The molecule has 1 saturated heterocycles. The van der Waals surface area contributed by atoms with Crippen LogP contribution in [0.1, 0.15) is 38.7 Å². The van der Waals surface area contributed by atoms with Crippen LogP contribution in [-0.4, -0.2) is 60.0 Å². The van der Waals surface area contributed by atoms with E-state index in [0.717, 1.165) is 5.56 Å². The van der Waals surface area contributed by atoms with Crippen LogP contribution >= 0.6 is 0 Å². The third-order valence-corrected chi connectivity index (χ3v) is 6.15. The molecule has 0 spiro atoms. The van der Waals surface area contributed by atoms with Gasteiger partial charge in [-0.05, 0) is 30.7 Å². The van der Waals surface area contributed by atoms with Crippen LogP contribution in [0, 0.1) is 11.8 Å².